The van der Waals surface area contributed by atoms with E-state index in [0.717, 1.165) is 55.7 Å². The number of amides is 1. The summed E-state index contributed by atoms with van der Waals surface area (Å²) in [6.45, 7) is 2.99. The number of carbonyl (C=O) groups is 1. The first kappa shape index (κ1) is 23.2. The summed E-state index contributed by atoms with van der Waals surface area (Å²) in [7, 11) is 1.69. The van der Waals surface area contributed by atoms with Crippen LogP contribution in [0.4, 0.5) is 4.39 Å². The average molecular weight is 471 g/mol. The highest BCUT2D eigenvalue weighted by Gasteiger charge is 2.24. The number of rotatable bonds is 7. The Bertz CT molecular complexity index is 1290. The maximum atomic E-state index is 13.2. The molecule has 0 spiro atoms. The SMILES string of the molecule is CNC(=O)Cc1cc2ccc(-c3ccncc3)cc2n1C1CCN(CCc2ccc(F)cc2)CC1. The monoisotopic (exact) mass is 470 g/mol. The zero-order valence-corrected chi connectivity index (χ0v) is 20.1. The maximum absolute atomic E-state index is 13.2. The Morgan fingerprint density at radius 3 is 2.46 bits per heavy atom. The van der Waals surface area contributed by atoms with Crippen molar-refractivity contribution in [2.45, 2.75) is 31.7 Å². The predicted octanol–water partition coefficient (Wildman–Crippen LogP) is 5.01. The smallest absolute Gasteiger partial charge is 0.225 e. The van der Waals surface area contributed by atoms with Crippen molar-refractivity contribution in [3.63, 3.8) is 0 Å². The maximum Gasteiger partial charge on any atom is 0.225 e. The van der Waals surface area contributed by atoms with Crippen LogP contribution in [0, 0.1) is 5.82 Å². The lowest BCUT2D eigenvalue weighted by atomic mass is 10.0. The third-order valence-corrected chi connectivity index (χ3v) is 7.11. The highest BCUT2D eigenvalue weighted by molar-refractivity contribution is 5.88. The molecule has 180 valence electrons. The van der Waals surface area contributed by atoms with E-state index in [1.165, 1.54) is 28.6 Å². The van der Waals surface area contributed by atoms with E-state index in [2.05, 4.69) is 44.0 Å². The summed E-state index contributed by atoms with van der Waals surface area (Å²) in [5.74, 6) is -0.159. The largest absolute Gasteiger partial charge is 0.359 e. The van der Waals surface area contributed by atoms with Crippen molar-refractivity contribution >= 4 is 16.8 Å². The van der Waals surface area contributed by atoms with E-state index < -0.39 is 0 Å². The van der Waals surface area contributed by atoms with Gasteiger partial charge in [-0.2, -0.15) is 0 Å². The number of hydrogen-bond acceptors (Lipinski definition) is 3. The topological polar surface area (TPSA) is 50.2 Å². The molecule has 0 atom stereocenters. The van der Waals surface area contributed by atoms with Gasteiger partial charge in [0.15, 0.2) is 0 Å². The standard InChI is InChI=1S/C29H31FN4O/c1-31-29(35)20-27-18-24-5-4-23(22-8-13-32-14-9-22)19-28(24)34(27)26-11-16-33(17-12-26)15-10-21-2-6-25(30)7-3-21/h2-9,13-14,18-19,26H,10-12,15-17,20H2,1H3,(H,31,35). The van der Waals surface area contributed by atoms with E-state index >= 15 is 0 Å². The summed E-state index contributed by atoms with van der Waals surface area (Å²) < 4.78 is 15.6. The molecule has 2 aromatic heterocycles. The van der Waals surface area contributed by atoms with E-state index in [0.29, 0.717) is 12.5 Å². The fourth-order valence-corrected chi connectivity index (χ4v) is 5.16. The minimum atomic E-state index is -0.187. The lowest BCUT2D eigenvalue weighted by Gasteiger charge is -2.34. The minimum Gasteiger partial charge on any atom is -0.359 e. The summed E-state index contributed by atoms with van der Waals surface area (Å²) in [5.41, 5.74) is 5.71. The molecule has 1 saturated heterocycles. The Morgan fingerprint density at radius 2 is 1.74 bits per heavy atom. The number of fused-ring (bicyclic) bond motifs is 1. The van der Waals surface area contributed by atoms with Gasteiger partial charge in [0.25, 0.3) is 0 Å². The highest BCUT2D eigenvalue weighted by atomic mass is 19.1. The molecule has 1 aliphatic heterocycles. The molecule has 0 bridgehead atoms. The third kappa shape index (κ3) is 5.28. The Hall–Kier alpha value is -3.51. The summed E-state index contributed by atoms with van der Waals surface area (Å²) in [4.78, 5) is 18.9. The Kier molecular flexibility index (Phi) is 6.91. The molecule has 1 amide bonds. The van der Waals surface area contributed by atoms with E-state index in [4.69, 9.17) is 0 Å². The Balaban J connectivity index is 1.37. The van der Waals surface area contributed by atoms with E-state index in [1.807, 2.05) is 36.7 Å². The van der Waals surface area contributed by atoms with Crippen LogP contribution in [0.3, 0.4) is 0 Å². The van der Waals surface area contributed by atoms with E-state index in [-0.39, 0.29) is 11.7 Å². The van der Waals surface area contributed by atoms with Gasteiger partial charge in [-0.15, -0.1) is 0 Å². The van der Waals surface area contributed by atoms with Crippen LogP contribution < -0.4 is 5.32 Å². The number of halogens is 1. The second-order valence-corrected chi connectivity index (χ2v) is 9.31. The lowest BCUT2D eigenvalue weighted by molar-refractivity contribution is -0.120. The van der Waals surface area contributed by atoms with Gasteiger partial charge in [-0.1, -0.05) is 24.3 Å². The summed E-state index contributed by atoms with van der Waals surface area (Å²) in [6.07, 6.45) is 7.00. The number of carbonyl (C=O) groups excluding carboxylic acids is 1. The lowest BCUT2D eigenvalue weighted by Crippen LogP contribution is -2.36. The number of aromatic nitrogens is 2. The molecule has 0 unspecified atom stereocenters. The zero-order valence-electron chi connectivity index (χ0n) is 20.1. The quantitative estimate of drug-likeness (QED) is 0.413. The van der Waals surface area contributed by atoms with Crippen LogP contribution in [-0.2, 0) is 17.6 Å². The molecule has 5 rings (SSSR count). The van der Waals surface area contributed by atoms with Crippen LogP contribution in [0.5, 0.6) is 0 Å². The van der Waals surface area contributed by atoms with Crippen LogP contribution >= 0.6 is 0 Å². The second kappa shape index (κ2) is 10.4. The van der Waals surface area contributed by atoms with Crippen LogP contribution in [0.25, 0.3) is 22.0 Å². The summed E-state index contributed by atoms with van der Waals surface area (Å²) in [6, 6.07) is 19.9. The van der Waals surface area contributed by atoms with Crippen LogP contribution in [0.2, 0.25) is 0 Å². The number of likely N-dealkylation sites (tertiary alicyclic amines) is 1. The number of pyridine rings is 1. The van der Waals surface area contributed by atoms with Gasteiger partial charge in [0.1, 0.15) is 5.82 Å². The van der Waals surface area contributed by atoms with Crippen molar-refractivity contribution in [1.82, 2.24) is 19.8 Å². The number of likely N-dealkylation sites (N-methyl/N-ethyl adjacent to an activating group) is 1. The minimum absolute atomic E-state index is 0.0279. The van der Waals surface area contributed by atoms with Gasteiger partial charge in [0.05, 0.1) is 6.42 Å². The molecule has 35 heavy (non-hydrogen) atoms. The van der Waals surface area contributed by atoms with Crippen LogP contribution in [0.1, 0.15) is 30.1 Å². The molecule has 1 aliphatic rings. The first-order chi connectivity index (χ1) is 17.1. The van der Waals surface area contributed by atoms with E-state index in [9.17, 15) is 9.18 Å². The van der Waals surface area contributed by atoms with Crippen LogP contribution in [0.15, 0.2) is 73.1 Å². The molecule has 5 nitrogen and oxygen atoms in total. The molecule has 2 aromatic carbocycles. The number of hydrogen-bond donors (Lipinski definition) is 1. The number of benzene rings is 2. The average Bonchev–Trinajstić information content (AvgIpc) is 3.26. The summed E-state index contributed by atoms with van der Waals surface area (Å²) >= 11 is 0. The normalized spacial score (nSPS) is 14.9. The molecule has 0 saturated carbocycles. The van der Waals surface area contributed by atoms with Crippen molar-refractivity contribution in [1.29, 1.82) is 0 Å². The molecular formula is C29H31FN4O. The fourth-order valence-electron chi connectivity index (χ4n) is 5.16. The zero-order chi connectivity index (χ0) is 24.2. The van der Waals surface area contributed by atoms with Crippen molar-refractivity contribution in [2.75, 3.05) is 26.7 Å². The molecule has 0 radical (unpaired) electrons. The molecule has 6 heteroatoms. The first-order valence-corrected chi connectivity index (χ1v) is 12.3. The van der Waals surface area contributed by atoms with Crippen LogP contribution in [-0.4, -0.2) is 47.0 Å². The van der Waals surface area contributed by atoms with Crippen molar-refractivity contribution in [3.8, 4) is 11.1 Å². The van der Waals surface area contributed by atoms with Gasteiger partial charge < -0.3 is 14.8 Å². The second-order valence-electron chi connectivity index (χ2n) is 9.31. The molecule has 3 heterocycles. The highest BCUT2D eigenvalue weighted by Crippen LogP contribution is 2.33. The predicted molar refractivity (Wildman–Crippen MR) is 138 cm³/mol. The van der Waals surface area contributed by atoms with Crippen molar-refractivity contribution < 1.29 is 9.18 Å². The molecular weight excluding hydrogens is 439 g/mol. The molecule has 4 aromatic rings. The van der Waals surface area contributed by atoms with E-state index in [1.54, 1.807) is 7.05 Å². The Morgan fingerprint density at radius 1 is 1.00 bits per heavy atom. The summed E-state index contributed by atoms with van der Waals surface area (Å²) in [5, 5.41) is 3.94. The Labute approximate surface area is 205 Å². The fraction of sp³-hybridized carbons (Fsp3) is 0.310. The number of piperidine rings is 1. The number of nitrogens with zero attached hydrogens (tertiary/aromatic N) is 3. The first-order valence-electron chi connectivity index (χ1n) is 12.3. The van der Waals surface area contributed by atoms with Crippen molar-refractivity contribution in [3.05, 3.63) is 90.1 Å². The van der Waals surface area contributed by atoms with Gasteiger partial charge in [-0.05, 0) is 77.7 Å². The molecule has 1 fully saturated rings. The van der Waals surface area contributed by atoms with Gasteiger partial charge >= 0.3 is 0 Å². The van der Waals surface area contributed by atoms with Gasteiger partial charge in [0.2, 0.25) is 5.91 Å². The molecule has 0 aliphatic carbocycles. The van der Waals surface area contributed by atoms with Crippen molar-refractivity contribution in [2.24, 2.45) is 0 Å². The third-order valence-electron chi connectivity index (χ3n) is 7.11. The van der Waals surface area contributed by atoms with Gasteiger partial charge in [-0.3, -0.25) is 9.78 Å². The number of nitrogens with one attached hydrogen (secondary N) is 1. The van der Waals surface area contributed by atoms with Gasteiger partial charge in [0, 0.05) is 56.3 Å². The molecule has 1 N–H and O–H groups in total. The van der Waals surface area contributed by atoms with Gasteiger partial charge in [-0.25, -0.2) is 4.39 Å².